The fourth-order valence-electron chi connectivity index (χ4n) is 3.44. The van der Waals surface area contributed by atoms with E-state index >= 15 is 0 Å². The number of halogens is 1. The molecule has 0 saturated carbocycles. The molecule has 11 heteroatoms. The molecule has 2 aromatic heterocycles. The van der Waals surface area contributed by atoms with Gasteiger partial charge in [0.2, 0.25) is 5.89 Å². The van der Waals surface area contributed by atoms with Crippen LogP contribution in [-0.4, -0.2) is 39.6 Å². The fourth-order valence-corrected chi connectivity index (χ4v) is 3.61. The van der Waals surface area contributed by atoms with E-state index in [0.717, 1.165) is 11.1 Å². The second-order valence-corrected chi connectivity index (χ2v) is 8.08. The van der Waals surface area contributed by atoms with Gasteiger partial charge in [0.05, 0.1) is 20.3 Å². The number of rotatable bonds is 8. The first-order valence-corrected chi connectivity index (χ1v) is 11.2. The maximum atomic E-state index is 12.7. The van der Waals surface area contributed by atoms with Gasteiger partial charge in [-0.25, -0.2) is 9.67 Å². The number of hydrogen-bond acceptors (Lipinski definition) is 8. The number of amides is 1. The number of aryl methyl sites for hydroxylation is 1. The van der Waals surface area contributed by atoms with Gasteiger partial charge in [0.15, 0.2) is 23.0 Å². The van der Waals surface area contributed by atoms with Gasteiger partial charge in [-0.1, -0.05) is 22.9 Å². The van der Waals surface area contributed by atoms with Crippen LogP contribution < -0.4 is 20.5 Å². The van der Waals surface area contributed by atoms with Crippen molar-refractivity contribution in [2.24, 2.45) is 0 Å². The van der Waals surface area contributed by atoms with Gasteiger partial charge in [0.1, 0.15) is 11.5 Å². The zero-order valence-corrected chi connectivity index (χ0v) is 20.5. The molecule has 0 aliphatic carbocycles. The first-order valence-electron chi connectivity index (χ1n) is 10.8. The summed E-state index contributed by atoms with van der Waals surface area (Å²) in [5.41, 5.74) is 8.82. The normalized spacial score (nSPS) is 10.9. The summed E-state index contributed by atoms with van der Waals surface area (Å²) in [4.78, 5) is 17.3. The molecule has 0 saturated heterocycles. The molecule has 182 valence electrons. The van der Waals surface area contributed by atoms with Gasteiger partial charge >= 0.3 is 0 Å². The predicted molar refractivity (Wildman–Crippen MR) is 132 cm³/mol. The van der Waals surface area contributed by atoms with Crippen LogP contribution in [0.3, 0.4) is 0 Å². The highest BCUT2D eigenvalue weighted by Crippen LogP contribution is 2.33. The van der Waals surface area contributed by atoms with E-state index in [1.54, 1.807) is 44.4 Å². The molecule has 3 N–H and O–H groups in total. The summed E-state index contributed by atoms with van der Waals surface area (Å²) in [6.45, 7) is 6.20. The summed E-state index contributed by atoms with van der Waals surface area (Å²) in [5, 5.41) is 11.3. The van der Waals surface area contributed by atoms with Crippen molar-refractivity contribution < 1.29 is 18.7 Å². The molecule has 0 aliphatic rings. The molecule has 0 spiro atoms. The Kier molecular flexibility index (Phi) is 6.92. The van der Waals surface area contributed by atoms with Gasteiger partial charge < -0.3 is 24.9 Å². The quantitative estimate of drug-likeness (QED) is 0.364. The lowest BCUT2D eigenvalue weighted by molar-refractivity contribution is 0.102. The summed E-state index contributed by atoms with van der Waals surface area (Å²) >= 11 is 6.13. The number of aromatic nitrogens is 4. The van der Waals surface area contributed by atoms with Crippen LogP contribution in [0.4, 0.5) is 11.5 Å². The minimum absolute atomic E-state index is 0.00185. The smallest absolute Gasteiger partial charge is 0.280 e. The third kappa shape index (κ3) is 4.92. The van der Waals surface area contributed by atoms with Crippen LogP contribution in [0.2, 0.25) is 5.02 Å². The van der Waals surface area contributed by atoms with E-state index in [4.69, 9.17) is 31.2 Å². The molecule has 4 rings (SSSR count). The summed E-state index contributed by atoms with van der Waals surface area (Å²) in [7, 11) is 1.57. The number of methoxy groups -OCH3 is 1. The summed E-state index contributed by atoms with van der Waals surface area (Å²) in [6, 6.07) is 10.7. The third-order valence-corrected chi connectivity index (χ3v) is 5.82. The van der Waals surface area contributed by atoms with E-state index in [1.165, 1.54) is 4.68 Å². The number of hydrogen-bond donors (Lipinski definition) is 2. The molecular weight excluding hydrogens is 472 g/mol. The first kappa shape index (κ1) is 24.1. The number of nitrogens with zero attached hydrogens (tertiary/aromatic N) is 4. The van der Waals surface area contributed by atoms with Gasteiger partial charge in [-0.05, 0) is 56.7 Å². The molecule has 0 bridgehead atoms. The molecule has 1 amide bonds. The predicted octanol–water partition coefficient (Wildman–Crippen LogP) is 4.49. The number of ether oxygens (including phenoxy) is 2. The maximum absolute atomic E-state index is 12.7. The highest BCUT2D eigenvalue weighted by molar-refractivity contribution is 6.31. The number of anilines is 2. The molecule has 2 aromatic carbocycles. The summed E-state index contributed by atoms with van der Waals surface area (Å²) < 4.78 is 18.2. The average molecular weight is 497 g/mol. The highest BCUT2D eigenvalue weighted by atomic mass is 35.5. The van der Waals surface area contributed by atoms with Crippen molar-refractivity contribution in [2.45, 2.75) is 27.3 Å². The lowest BCUT2D eigenvalue weighted by atomic mass is 10.2. The Bertz CT molecular complexity index is 1380. The number of nitrogens with two attached hydrogens (primary N) is 1. The van der Waals surface area contributed by atoms with Gasteiger partial charge in [0.25, 0.3) is 5.91 Å². The molecule has 4 aromatic rings. The van der Waals surface area contributed by atoms with Crippen LogP contribution in [0.15, 0.2) is 40.8 Å². The Morgan fingerprint density at radius 2 is 2.03 bits per heavy atom. The highest BCUT2D eigenvalue weighted by Gasteiger charge is 2.21. The topological polar surface area (TPSA) is 130 Å². The Labute approximate surface area is 207 Å². The lowest BCUT2D eigenvalue weighted by Gasteiger charge is -2.09. The molecule has 0 unspecified atom stereocenters. The number of carbonyl (C=O) groups excluding carboxylic acids is 1. The molecular formula is C24H25ClN6O4. The number of nitrogen functional groups attached to an aromatic ring is 1. The molecule has 35 heavy (non-hydrogen) atoms. The summed E-state index contributed by atoms with van der Waals surface area (Å²) in [6.07, 6.45) is 0. The molecule has 0 aliphatic heterocycles. The lowest BCUT2D eigenvalue weighted by Crippen LogP contribution is -2.16. The van der Waals surface area contributed by atoms with Gasteiger partial charge in [-0.2, -0.15) is 0 Å². The Morgan fingerprint density at radius 3 is 2.77 bits per heavy atom. The summed E-state index contributed by atoms with van der Waals surface area (Å²) in [5.74, 6) is 1.83. The standard InChI is InChI=1S/C24H25ClN6O4/c1-5-34-19-10-9-15(11-20(19)33-4)24-28-18(14(3)35-24)12-31-22(26)21(29-30-31)23(32)27-17-8-6-7-16(25)13(17)2/h6-11H,5,12,26H2,1-4H3,(H,27,32). The minimum atomic E-state index is -0.488. The Hall–Kier alpha value is -4.05. The van der Waals surface area contributed by atoms with E-state index in [2.05, 4.69) is 20.6 Å². The molecule has 0 atom stereocenters. The minimum Gasteiger partial charge on any atom is -0.493 e. The second-order valence-electron chi connectivity index (χ2n) is 7.67. The van der Waals surface area contributed by atoms with E-state index in [1.807, 2.05) is 19.9 Å². The maximum Gasteiger partial charge on any atom is 0.280 e. The molecule has 0 fully saturated rings. The SMILES string of the molecule is CCOc1ccc(-c2nc(Cn3nnc(C(=O)Nc4cccc(Cl)c4C)c3N)c(C)o2)cc1OC. The van der Waals surface area contributed by atoms with E-state index in [9.17, 15) is 4.79 Å². The van der Waals surface area contributed by atoms with Crippen LogP contribution in [0.5, 0.6) is 11.5 Å². The zero-order chi connectivity index (χ0) is 25.1. The monoisotopic (exact) mass is 496 g/mol. The largest absolute Gasteiger partial charge is 0.493 e. The molecule has 2 heterocycles. The number of carbonyl (C=O) groups is 1. The van der Waals surface area contributed by atoms with E-state index in [0.29, 0.717) is 46.2 Å². The van der Waals surface area contributed by atoms with Gasteiger partial charge in [0, 0.05) is 16.3 Å². The molecule has 0 radical (unpaired) electrons. The average Bonchev–Trinajstić information content (AvgIpc) is 3.40. The van der Waals surface area contributed by atoms with E-state index in [-0.39, 0.29) is 18.1 Å². The van der Waals surface area contributed by atoms with Crippen molar-refractivity contribution in [1.29, 1.82) is 0 Å². The van der Waals surface area contributed by atoms with Crippen molar-refractivity contribution >= 4 is 29.0 Å². The number of oxazole rings is 1. The van der Waals surface area contributed by atoms with Crippen LogP contribution in [-0.2, 0) is 6.54 Å². The van der Waals surface area contributed by atoms with Crippen LogP contribution >= 0.6 is 11.6 Å². The van der Waals surface area contributed by atoms with Crippen LogP contribution in [0.25, 0.3) is 11.5 Å². The third-order valence-electron chi connectivity index (χ3n) is 5.41. The van der Waals surface area contributed by atoms with Crippen molar-refractivity contribution in [2.75, 3.05) is 24.8 Å². The van der Waals surface area contributed by atoms with Crippen LogP contribution in [0.1, 0.15) is 34.4 Å². The van der Waals surface area contributed by atoms with Crippen molar-refractivity contribution in [3.63, 3.8) is 0 Å². The number of benzene rings is 2. The van der Waals surface area contributed by atoms with Crippen molar-refractivity contribution in [1.82, 2.24) is 20.0 Å². The number of nitrogens with one attached hydrogen (secondary N) is 1. The zero-order valence-electron chi connectivity index (χ0n) is 19.8. The Balaban J connectivity index is 1.54. The van der Waals surface area contributed by atoms with E-state index < -0.39 is 5.91 Å². The van der Waals surface area contributed by atoms with Crippen molar-refractivity contribution in [3.05, 3.63) is 64.1 Å². The molecule has 10 nitrogen and oxygen atoms in total. The second kappa shape index (κ2) is 10.1. The Morgan fingerprint density at radius 1 is 1.23 bits per heavy atom. The van der Waals surface area contributed by atoms with Gasteiger partial charge in [-0.15, -0.1) is 5.10 Å². The first-order chi connectivity index (χ1) is 16.8. The van der Waals surface area contributed by atoms with Crippen molar-refractivity contribution in [3.8, 4) is 23.0 Å². The van der Waals surface area contributed by atoms with Gasteiger partial charge in [-0.3, -0.25) is 4.79 Å². The fraction of sp³-hybridized carbons (Fsp3) is 0.250. The van der Waals surface area contributed by atoms with Crippen LogP contribution in [0, 0.1) is 13.8 Å².